The molecular formula is C7H13NO3. The number of rotatable bonds is 3. The highest BCUT2D eigenvalue weighted by Gasteiger charge is 2.31. The number of carboxylic acids is 1. The van der Waals surface area contributed by atoms with E-state index in [4.69, 9.17) is 5.11 Å². The standard InChI is InChI=1S/C7H13NO3/c1-4-7(3,6(10)11)8-5(2)9/h4H2,1-3H3,(H,8,9)(H,10,11)/t7-/m1/s1. The Kier molecular flexibility index (Phi) is 3.04. The first-order valence-electron chi connectivity index (χ1n) is 3.44. The maximum absolute atomic E-state index is 10.6. The van der Waals surface area contributed by atoms with Crippen molar-refractivity contribution in [2.75, 3.05) is 0 Å². The lowest BCUT2D eigenvalue weighted by Gasteiger charge is -2.23. The van der Waals surface area contributed by atoms with E-state index in [2.05, 4.69) is 5.32 Å². The fourth-order valence-electron chi connectivity index (χ4n) is 0.682. The topological polar surface area (TPSA) is 66.4 Å². The molecule has 1 amide bonds. The molecule has 1 atom stereocenters. The molecule has 4 heteroatoms. The van der Waals surface area contributed by atoms with Crippen LogP contribution in [0.4, 0.5) is 0 Å². The Bertz CT molecular complexity index is 179. The molecule has 0 aliphatic heterocycles. The third-order valence-electron chi connectivity index (χ3n) is 1.63. The van der Waals surface area contributed by atoms with E-state index in [1.165, 1.54) is 13.8 Å². The van der Waals surface area contributed by atoms with Crippen LogP contribution >= 0.6 is 0 Å². The lowest BCUT2D eigenvalue weighted by Crippen LogP contribution is -2.50. The van der Waals surface area contributed by atoms with Gasteiger partial charge in [0.15, 0.2) is 0 Å². The van der Waals surface area contributed by atoms with Crippen LogP contribution in [0.15, 0.2) is 0 Å². The fraction of sp³-hybridized carbons (Fsp3) is 0.714. The van der Waals surface area contributed by atoms with E-state index >= 15 is 0 Å². The van der Waals surface area contributed by atoms with Gasteiger partial charge in [-0.25, -0.2) is 4.79 Å². The molecule has 0 heterocycles. The first-order chi connectivity index (χ1) is 4.92. The molecule has 0 saturated carbocycles. The quantitative estimate of drug-likeness (QED) is 0.625. The molecule has 0 bridgehead atoms. The third-order valence-corrected chi connectivity index (χ3v) is 1.63. The minimum atomic E-state index is -1.12. The summed E-state index contributed by atoms with van der Waals surface area (Å²) >= 11 is 0. The molecule has 0 radical (unpaired) electrons. The number of carbonyl (C=O) groups excluding carboxylic acids is 1. The molecular weight excluding hydrogens is 146 g/mol. The van der Waals surface area contributed by atoms with Gasteiger partial charge in [0.1, 0.15) is 5.54 Å². The highest BCUT2D eigenvalue weighted by Crippen LogP contribution is 2.08. The van der Waals surface area contributed by atoms with Crippen molar-refractivity contribution >= 4 is 11.9 Å². The second kappa shape index (κ2) is 3.37. The van der Waals surface area contributed by atoms with E-state index in [9.17, 15) is 9.59 Å². The fourth-order valence-corrected chi connectivity index (χ4v) is 0.682. The van der Waals surface area contributed by atoms with Crippen LogP contribution in [0.2, 0.25) is 0 Å². The van der Waals surface area contributed by atoms with Gasteiger partial charge in [0.25, 0.3) is 0 Å². The summed E-state index contributed by atoms with van der Waals surface area (Å²) in [5, 5.41) is 11.0. The molecule has 0 aromatic carbocycles. The second-order valence-electron chi connectivity index (χ2n) is 2.67. The van der Waals surface area contributed by atoms with E-state index in [-0.39, 0.29) is 5.91 Å². The number of hydrogen-bond donors (Lipinski definition) is 2. The van der Waals surface area contributed by atoms with Crippen LogP contribution in [0, 0.1) is 0 Å². The summed E-state index contributed by atoms with van der Waals surface area (Å²) < 4.78 is 0. The average Bonchev–Trinajstić information content (AvgIpc) is 1.86. The number of aliphatic carboxylic acids is 1. The van der Waals surface area contributed by atoms with Crippen molar-refractivity contribution < 1.29 is 14.7 Å². The summed E-state index contributed by atoms with van der Waals surface area (Å²) in [5.41, 5.74) is -1.12. The average molecular weight is 159 g/mol. The second-order valence-corrected chi connectivity index (χ2v) is 2.67. The van der Waals surface area contributed by atoms with Crippen LogP contribution in [-0.4, -0.2) is 22.5 Å². The zero-order valence-electron chi connectivity index (χ0n) is 6.97. The molecule has 0 aromatic heterocycles. The highest BCUT2D eigenvalue weighted by molar-refractivity contribution is 5.85. The van der Waals surface area contributed by atoms with Gasteiger partial charge in [0.2, 0.25) is 5.91 Å². The van der Waals surface area contributed by atoms with Gasteiger partial charge in [-0.2, -0.15) is 0 Å². The molecule has 0 aromatic rings. The lowest BCUT2D eigenvalue weighted by atomic mass is 9.99. The number of carboxylic acid groups (broad SMARTS) is 1. The van der Waals surface area contributed by atoms with Gasteiger partial charge in [0.05, 0.1) is 0 Å². The van der Waals surface area contributed by atoms with Crippen molar-refractivity contribution in [3.05, 3.63) is 0 Å². The van der Waals surface area contributed by atoms with Crippen molar-refractivity contribution in [1.82, 2.24) is 5.32 Å². The van der Waals surface area contributed by atoms with Gasteiger partial charge >= 0.3 is 5.97 Å². The number of amides is 1. The largest absolute Gasteiger partial charge is 0.480 e. The van der Waals surface area contributed by atoms with Crippen molar-refractivity contribution in [1.29, 1.82) is 0 Å². The van der Waals surface area contributed by atoms with Gasteiger partial charge in [-0.05, 0) is 13.3 Å². The Balaban J connectivity index is 4.34. The molecule has 64 valence electrons. The number of nitrogens with one attached hydrogen (secondary N) is 1. The molecule has 0 aliphatic carbocycles. The smallest absolute Gasteiger partial charge is 0.329 e. The summed E-state index contributed by atoms with van der Waals surface area (Å²) in [5.74, 6) is -1.33. The Morgan fingerprint density at radius 2 is 2.00 bits per heavy atom. The van der Waals surface area contributed by atoms with Crippen LogP contribution in [0.3, 0.4) is 0 Å². The lowest BCUT2D eigenvalue weighted by molar-refractivity contribution is -0.146. The summed E-state index contributed by atoms with van der Waals surface area (Å²) in [4.78, 5) is 21.1. The van der Waals surface area contributed by atoms with Crippen LogP contribution in [0.5, 0.6) is 0 Å². The summed E-state index contributed by atoms with van der Waals surface area (Å²) in [7, 11) is 0. The number of hydrogen-bond acceptors (Lipinski definition) is 2. The molecule has 0 saturated heterocycles. The van der Waals surface area contributed by atoms with Gasteiger partial charge < -0.3 is 10.4 Å². The van der Waals surface area contributed by atoms with Gasteiger partial charge in [-0.15, -0.1) is 0 Å². The molecule has 0 spiro atoms. The Morgan fingerprint density at radius 3 is 2.09 bits per heavy atom. The summed E-state index contributed by atoms with van der Waals surface area (Å²) in [6.45, 7) is 4.50. The first kappa shape index (κ1) is 9.94. The predicted octanol–water partition coefficient (Wildman–Crippen LogP) is 0.376. The van der Waals surface area contributed by atoms with Crippen LogP contribution in [0.1, 0.15) is 27.2 Å². The minimum absolute atomic E-state index is 0.322. The molecule has 0 fully saturated rings. The van der Waals surface area contributed by atoms with Crippen molar-refractivity contribution in [2.45, 2.75) is 32.7 Å². The molecule has 0 rings (SSSR count). The van der Waals surface area contributed by atoms with Crippen molar-refractivity contribution in [3.8, 4) is 0 Å². The van der Waals surface area contributed by atoms with E-state index in [1.54, 1.807) is 6.92 Å². The van der Waals surface area contributed by atoms with Crippen LogP contribution in [-0.2, 0) is 9.59 Å². The van der Waals surface area contributed by atoms with Crippen LogP contribution < -0.4 is 5.32 Å². The Hall–Kier alpha value is -1.06. The molecule has 4 nitrogen and oxygen atoms in total. The Morgan fingerprint density at radius 1 is 1.55 bits per heavy atom. The van der Waals surface area contributed by atoms with Crippen LogP contribution in [0.25, 0.3) is 0 Å². The zero-order chi connectivity index (χ0) is 9.07. The Labute approximate surface area is 65.6 Å². The molecule has 0 unspecified atom stereocenters. The van der Waals surface area contributed by atoms with Gasteiger partial charge in [0, 0.05) is 6.92 Å². The first-order valence-corrected chi connectivity index (χ1v) is 3.44. The molecule has 11 heavy (non-hydrogen) atoms. The van der Waals surface area contributed by atoms with E-state index < -0.39 is 11.5 Å². The van der Waals surface area contributed by atoms with Crippen molar-refractivity contribution in [3.63, 3.8) is 0 Å². The minimum Gasteiger partial charge on any atom is -0.480 e. The SMILES string of the molecule is CC[C@@](C)(NC(C)=O)C(=O)O. The summed E-state index contributed by atoms with van der Waals surface area (Å²) in [6, 6.07) is 0. The van der Waals surface area contributed by atoms with Gasteiger partial charge in [-0.3, -0.25) is 4.79 Å². The van der Waals surface area contributed by atoms with Gasteiger partial charge in [-0.1, -0.05) is 6.92 Å². The molecule has 2 N–H and O–H groups in total. The maximum atomic E-state index is 10.6. The normalized spacial score (nSPS) is 15.2. The monoisotopic (exact) mass is 159 g/mol. The van der Waals surface area contributed by atoms with E-state index in [0.29, 0.717) is 6.42 Å². The van der Waals surface area contributed by atoms with E-state index in [1.807, 2.05) is 0 Å². The molecule has 0 aliphatic rings. The third kappa shape index (κ3) is 2.57. The highest BCUT2D eigenvalue weighted by atomic mass is 16.4. The number of carbonyl (C=O) groups is 2. The maximum Gasteiger partial charge on any atom is 0.329 e. The predicted molar refractivity (Wildman–Crippen MR) is 40.1 cm³/mol. The van der Waals surface area contributed by atoms with Crippen molar-refractivity contribution in [2.24, 2.45) is 0 Å². The van der Waals surface area contributed by atoms with E-state index in [0.717, 1.165) is 0 Å². The zero-order valence-corrected chi connectivity index (χ0v) is 6.97. The summed E-state index contributed by atoms with van der Waals surface area (Å²) in [6.07, 6.45) is 0.377.